The highest BCUT2D eigenvalue weighted by Gasteiger charge is 2.35. The second-order valence-corrected chi connectivity index (χ2v) is 10.9. The minimum absolute atomic E-state index is 0.156. The summed E-state index contributed by atoms with van der Waals surface area (Å²) >= 11 is 0. The predicted molar refractivity (Wildman–Crippen MR) is 164 cm³/mol. The molecule has 1 aliphatic rings. The van der Waals surface area contributed by atoms with Crippen molar-refractivity contribution in [2.45, 2.75) is 44.3 Å². The number of hydrogen-bond acceptors (Lipinski definition) is 5. The Morgan fingerprint density at radius 3 is 2.41 bits per heavy atom. The summed E-state index contributed by atoms with van der Waals surface area (Å²) in [6.45, 7) is 0.162. The van der Waals surface area contributed by atoms with Crippen LogP contribution in [0.5, 0.6) is 5.75 Å². The monoisotopic (exact) mass is 597 g/mol. The van der Waals surface area contributed by atoms with Crippen LogP contribution in [-0.4, -0.2) is 22.9 Å². The number of nitrogen functional groups attached to an aromatic ring is 1. The molecule has 0 radical (unpaired) electrons. The van der Waals surface area contributed by atoms with Gasteiger partial charge in [-0.15, -0.1) is 0 Å². The lowest BCUT2D eigenvalue weighted by Crippen LogP contribution is -2.30. The Hall–Kier alpha value is -5.05. The molecule has 0 bridgehead atoms. The molecule has 0 unspecified atom stereocenters. The first-order valence-electron chi connectivity index (χ1n) is 14.4. The quantitative estimate of drug-likeness (QED) is 0.176. The zero-order chi connectivity index (χ0) is 30.7. The van der Waals surface area contributed by atoms with Crippen molar-refractivity contribution in [3.8, 4) is 28.0 Å². The van der Waals surface area contributed by atoms with E-state index in [-0.39, 0.29) is 37.2 Å². The molecule has 1 fully saturated rings. The second kappa shape index (κ2) is 12.3. The van der Waals surface area contributed by atoms with Gasteiger partial charge in [-0.25, -0.2) is 18.2 Å². The van der Waals surface area contributed by atoms with E-state index in [2.05, 4.69) is 10.3 Å². The van der Waals surface area contributed by atoms with Crippen molar-refractivity contribution in [1.82, 2.24) is 10.3 Å². The molecule has 1 aliphatic carbocycles. The number of pyridine rings is 1. The maximum absolute atomic E-state index is 13.7. The van der Waals surface area contributed by atoms with Gasteiger partial charge in [-0.2, -0.15) is 0 Å². The third-order valence-electron chi connectivity index (χ3n) is 7.65. The van der Waals surface area contributed by atoms with E-state index in [0.29, 0.717) is 35.8 Å². The van der Waals surface area contributed by atoms with Gasteiger partial charge in [-0.05, 0) is 95.8 Å². The van der Waals surface area contributed by atoms with Crippen molar-refractivity contribution in [3.05, 3.63) is 108 Å². The highest BCUT2D eigenvalue weighted by molar-refractivity contribution is 5.97. The van der Waals surface area contributed by atoms with Gasteiger partial charge >= 0.3 is 0 Å². The van der Waals surface area contributed by atoms with Gasteiger partial charge in [-0.1, -0.05) is 24.3 Å². The number of carbonyl (C=O) groups is 1. The van der Waals surface area contributed by atoms with Crippen LogP contribution in [0, 0.1) is 5.82 Å². The lowest BCUT2D eigenvalue weighted by molar-refractivity contribution is -0.116. The van der Waals surface area contributed by atoms with Crippen molar-refractivity contribution < 1.29 is 27.1 Å². The molecule has 2 aromatic heterocycles. The molecule has 1 amide bonds. The average Bonchev–Trinajstić information content (AvgIpc) is 3.44. The Bertz CT molecular complexity index is 1790. The number of hydrogen-bond donors (Lipinski definition) is 2. The SMILES string of the molecule is Nc1ccc(/C=C/C(=O)NCc2cc3cc(-c4ccc(OC5CCC(F)(F)CC5)cc4)cc(-c4ccc(F)cc4)c3o2)cn1. The molecule has 1 saturated carbocycles. The van der Waals surface area contributed by atoms with Crippen LogP contribution in [0.4, 0.5) is 19.0 Å². The maximum atomic E-state index is 13.7. The molecule has 2 heterocycles. The molecular weight excluding hydrogens is 567 g/mol. The lowest BCUT2D eigenvalue weighted by atomic mass is 9.94. The van der Waals surface area contributed by atoms with Crippen LogP contribution in [-0.2, 0) is 11.3 Å². The summed E-state index contributed by atoms with van der Waals surface area (Å²) in [7, 11) is 0. The molecule has 3 N–H and O–H groups in total. The fourth-order valence-electron chi connectivity index (χ4n) is 5.27. The van der Waals surface area contributed by atoms with E-state index in [1.165, 1.54) is 18.2 Å². The Morgan fingerprint density at radius 1 is 0.977 bits per heavy atom. The number of halogens is 3. The van der Waals surface area contributed by atoms with E-state index in [1.807, 2.05) is 42.5 Å². The molecular formula is C35H30F3N3O3. The summed E-state index contributed by atoms with van der Waals surface area (Å²) < 4.78 is 52.9. The fourth-order valence-corrected chi connectivity index (χ4v) is 5.27. The first kappa shape index (κ1) is 29.0. The van der Waals surface area contributed by atoms with Crippen LogP contribution in [0.3, 0.4) is 0 Å². The fraction of sp³-hybridized carbons (Fsp3) is 0.200. The summed E-state index contributed by atoms with van der Waals surface area (Å²) in [4.78, 5) is 16.5. The van der Waals surface area contributed by atoms with E-state index in [0.717, 1.165) is 33.2 Å². The van der Waals surface area contributed by atoms with Gasteiger partial charge in [0, 0.05) is 36.1 Å². The number of carbonyl (C=O) groups excluding carboxylic acids is 1. The molecule has 6 nitrogen and oxygen atoms in total. The van der Waals surface area contributed by atoms with Crippen molar-refractivity contribution in [3.63, 3.8) is 0 Å². The zero-order valence-corrected chi connectivity index (χ0v) is 23.7. The molecule has 0 saturated heterocycles. The van der Waals surface area contributed by atoms with Crippen LogP contribution >= 0.6 is 0 Å². The molecule has 6 rings (SSSR count). The Morgan fingerprint density at radius 2 is 1.70 bits per heavy atom. The number of benzene rings is 3. The summed E-state index contributed by atoms with van der Waals surface area (Å²) in [5.74, 6) is -1.66. The van der Waals surface area contributed by atoms with Crippen molar-refractivity contribution in [2.75, 3.05) is 5.73 Å². The van der Waals surface area contributed by atoms with E-state index >= 15 is 0 Å². The third-order valence-corrected chi connectivity index (χ3v) is 7.65. The predicted octanol–water partition coefficient (Wildman–Crippen LogP) is 8.17. The molecule has 224 valence electrons. The average molecular weight is 598 g/mol. The van der Waals surface area contributed by atoms with E-state index < -0.39 is 5.92 Å². The highest BCUT2D eigenvalue weighted by Crippen LogP contribution is 2.38. The number of ether oxygens (including phenoxy) is 1. The van der Waals surface area contributed by atoms with Crippen LogP contribution in [0.25, 0.3) is 39.3 Å². The molecule has 3 aromatic carbocycles. The number of nitrogens with one attached hydrogen (secondary N) is 1. The van der Waals surface area contributed by atoms with Crippen molar-refractivity contribution >= 4 is 28.8 Å². The minimum Gasteiger partial charge on any atom is -0.490 e. The number of anilines is 1. The van der Waals surface area contributed by atoms with Crippen LogP contribution < -0.4 is 15.8 Å². The summed E-state index contributed by atoms with van der Waals surface area (Å²) in [5.41, 5.74) is 10.3. The zero-order valence-electron chi connectivity index (χ0n) is 23.7. The number of fused-ring (bicyclic) bond motifs is 1. The Kier molecular flexibility index (Phi) is 8.11. The van der Waals surface area contributed by atoms with Gasteiger partial charge in [0.05, 0.1) is 12.6 Å². The molecule has 44 heavy (non-hydrogen) atoms. The number of furan rings is 1. The first-order valence-corrected chi connectivity index (χ1v) is 14.4. The Labute approximate surface area is 252 Å². The maximum Gasteiger partial charge on any atom is 0.248 e. The van der Waals surface area contributed by atoms with Gasteiger partial charge in [0.15, 0.2) is 0 Å². The molecule has 0 atom stereocenters. The summed E-state index contributed by atoms with van der Waals surface area (Å²) in [6, 6.07) is 23.0. The van der Waals surface area contributed by atoms with Crippen LogP contribution in [0.2, 0.25) is 0 Å². The van der Waals surface area contributed by atoms with Gasteiger partial charge < -0.3 is 20.2 Å². The van der Waals surface area contributed by atoms with E-state index in [4.69, 9.17) is 14.9 Å². The molecule has 5 aromatic rings. The summed E-state index contributed by atoms with van der Waals surface area (Å²) in [6.07, 6.45) is 4.74. The van der Waals surface area contributed by atoms with Crippen LogP contribution in [0.1, 0.15) is 37.0 Å². The highest BCUT2D eigenvalue weighted by atomic mass is 19.3. The van der Waals surface area contributed by atoms with E-state index in [1.54, 1.807) is 36.5 Å². The number of alkyl halides is 2. The number of nitrogens with two attached hydrogens (primary N) is 1. The standard InChI is InChI=1S/C35H30F3N3O3/c36-27-7-3-24(4-8-27)31-19-25(23-5-9-28(10-6-23)43-29-13-15-35(37,38)16-14-29)17-26-18-30(44-34(26)31)21-41-33(42)12-2-22-1-11-32(39)40-20-22/h1-12,17-20,29H,13-16,21H2,(H2,39,40)(H,41,42)/b12-2+. The van der Waals surface area contributed by atoms with Gasteiger partial charge in [0.25, 0.3) is 0 Å². The van der Waals surface area contributed by atoms with E-state index in [9.17, 15) is 18.0 Å². The van der Waals surface area contributed by atoms with Crippen molar-refractivity contribution in [2.24, 2.45) is 0 Å². The molecule has 0 spiro atoms. The molecule has 0 aliphatic heterocycles. The van der Waals surface area contributed by atoms with Gasteiger partial charge in [0.1, 0.15) is 28.7 Å². The number of rotatable bonds is 8. The van der Waals surface area contributed by atoms with Crippen molar-refractivity contribution in [1.29, 1.82) is 0 Å². The van der Waals surface area contributed by atoms with Gasteiger partial charge in [0.2, 0.25) is 11.8 Å². The number of aromatic nitrogens is 1. The number of amides is 1. The topological polar surface area (TPSA) is 90.4 Å². The Balaban J connectivity index is 1.22. The minimum atomic E-state index is -2.60. The summed E-state index contributed by atoms with van der Waals surface area (Å²) in [5, 5.41) is 3.65. The smallest absolute Gasteiger partial charge is 0.248 e. The van der Waals surface area contributed by atoms with Crippen LogP contribution in [0.15, 0.2) is 95.6 Å². The third kappa shape index (κ3) is 6.94. The largest absolute Gasteiger partial charge is 0.490 e. The normalized spacial score (nSPS) is 15.1. The lowest BCUT2D eigenvalue weighted by Gasteiger charge is -2.28. The van der Waals surface area contributed by atoms with Gasteiger partial charge in [-0.3, -0.25) is 4.79 Å². The second-order valence-electron chi connectivity index (χ2n) is 10.9. The number of nitrogens with zero attached hydrogens (tertiary/aromatic N) is 1. The molecule has 9 heteroatoms. The first-order chi connectivity index (χ1) is 21.2.